The summed E-state index contributed by atoms with van der Waals surface area (Å²) in [5.74, 6) is -0.0939. The van der Waals surface area contributed by atoms with E-state index in [0.29, 0.717) is 18.5 Å². The number of rotatable bonds is 4. The Morgan fingerprint density at radius 1 is 1.35 bits per heavy atom. The summed E-state index contributed by atoms with van der Waals surface area (Å²) in [6.45, 7) is 0. The van der Waals surface area contributed by atoms with Crippen molar-refractivity contribution in [3.63, 3.8) is 0 Å². The van der Waals surface area contributed by atoms with E-state index in [0.717, 1.165) is 0 Å². The molecule has 1 aromatic carbocycles. The van der Waals surface area contributed by atoms with Gasteiger partial charge in [0.25, 0.3) is 0 Å². The lowest BCUT2D eigenvalue weighted by molar-refractivity contribution is -0.119. The van der Waals surface area contributed by atoms with Crippen LogP contribution in [0, 0.1) is 5.92 Å². The second-order valence-corrected chi connectivity index (χ2v) is 6.07. The molecule has 0 saturated carbocycles. The van der Waals surface area contributed by atoms with Gasteiger partial charge in [0.05, 0.1) is 7.11 Å². The Morgan fingerprint density at radius 2 is 2.00 bits per heavy atom. The molecular weight excluding hydrogens is 280 g/mol. The fourth-order valence-corrected chi connectivity index (χ4v) is 2.78. The highest BCUT2D eigenvalue weighted by Gasteiger charge is 2.21. The summed E-state index contributed by atoms with van der Waals surface area (Å²) in [5.41, 5.74) is 0.381. The Labute approximate surface area is 117 Å². The van der Waals surface area contributed by atoms with Crippen LogP contribution in [0.1, 0.15) is 12.8 Å². The van der Waals surface area contributed by atoms with Crippen LogP contribution in [-0.2, 0) is 14.8 Å². The van der Waals surface area contributed by atoms with Crippen molar-refractivity contribution in [2.24, 2.45) is 11.1 Å². The first-order chi connectivity index (χ1) is 9.41. The van der Waals surface area contributed by atoms with E-state index in [1.54, 1.807) is 6.07 Å². The fraction of sp³-hybridized carbons (Fsp3) is 0.308. The van der Waals surface area contributed by atoms with E-state index in [2.05, 4.69) is 5.32 Å². The molecule has 0 spiro atoms. The van der Waals surface area contributed by atoms with Gasteiger partial charge in [-0.1, -0.05) is 12.2 Å². The number of benzene rings is 1. The highest BCUT2D eigenvalue weighted by Crippen LogP contribution is 2.27. The number of ether oxygens (including phenoxy) is 1. The smallest absolute Gasteiger partial charge is 0.241 e. The Morgan fingerprint density at radius 3 is 2.55 bits per heavy atom. The van der Waals surface area contributed by atoms with Crippen molar-refractivity contribution in [2.75, 3.05) is 12.4 Å². The molecule has 0 bridgehead atoms. The van der Waals surface area contributed by atoms with Crippen LogP contribution in [0.2, 0.25) is 0 Å². The molecule has 1 aliphatic rings. The number of hydrogen-bond donors (Lipinski definition) is 2. The number of primary sulfonamides is 1. The number of hydrogen-bond acceptors (Lipinski definition) is 4. The summed E-state index contributed by atoms with van der Waals surface area (Å²) >= 11 is 0. The minimum absolute atomic E-state index is 0.102. The lowest BCUT2D eigenvalue weighted by Crippen LogP contribution is -2.21. The molecule has 0 fully saturated rings. The zero-order valence-corrected chi connectivity index (χ0v) is 11.8. The van der Waals surface area contributed by atoms with Crippen LogP contribution in [0.15, 0.2) is 35.2 Å². The molecule has 0 atom stereocenters. The van der Waals surface area contributed by atoms with Gasteiger partial charge in [0.15, 0.2) is 0 Å². The molecule has 7 heteroatoms. The van der Waals surface area contributed by atoms with Gasteiger partial charge in [0.1, 0.15) is 10.6 Å². The highest BCUT2D eigenvalue weighted by molar-refractivity contribution is 7.89. The second-order valence-electron chi connectivity index (χ2n) is 4.54. The van der Waals surface area contributed by atoms with Crippen LogP contribution in [0.4, 0.5) is 5.69 Å². The predicted molar refractivity (Wildman–Crippen MR) is 74.9 cm³/mol. The summed E-state index contributed by atoms with van der Waals surface area (Å²) in [4.78, 5) is 11.8. The lowest BCUT2D eigenvalue weighted by Gasteiger charge is -2.13. The zero-order chi connectivity index (χ0) is 14.8. The molecule has 6 nitrogen and oxygen atoms in total. The summed E-state index contributed by atoms with van der Waals surface area (Å²) in [6.07, 6.45) is 5.30. The Balaban J connectivity index is 2.23. The standard InChI is InChI=1S/C13H16N2O4S/c1-19-11-7-6-10(8-12(11)20(14,17)18)15-13(16)9-4-2-3-5-9/h2-3,6-9H,4-5H2,1H3,(H,15,16)(H2,14,17,18). The normalized spacial score (nSPS) is 15.3. The van der Waals surface area contributed by atoms with Crippen molar-refractivity contribution >= 4 is 21.6 Å². The maximum atomic E-state index is 12.0. The summed E-state index contributed by atoms with van der Waals surface area (Å²) in [7, 11) is -2.56. The van der Waals surface area contributed by atoms with E-state index < -0.39 is 10.0 Å². The van der Waals surface area contributed by atoms with Gasteiger partial charge in [0, 0.05) is 11.6 Å². The summed E-state index contributed by atoms with van der Waals surface area (Å²) in [6, 6.07) is 4.34. The number of amides is 1. The van der Waals surface area contributed by atoms with Gasteiger partial charge < -0.3 is 10.1 Å². The monoisotopic (exact) mass is 296 g/mol. The van der Waals surface area contributed by atoms with Crippen molar-refractivity contribution in [3.8, 4) is 5.75 Å². The molecule has 108 valence electrons. The third-order valence-electron chi connectivity index (χ3n) is 3.12. The molecule has 0 unspecified atom stereocenters. The third kappa shape index (κ3) is 3.17. The van der Waals surface area contributed by atoms with E-state index in [9.17, 15) is 13.2 Å². The molecule has 1 amide bonds. The van der Waals surface area contributed by atoms with Crippen LogP contribution in [0.25, 0.3) is 0 Å². The van der Waals surface area contributed by atoms with Crippen LogP contribution >= 0.6 is 0 Å². The number of anilines is 1. The summed E-state index contributed by atoms with van der Waals surface area (Å²) in [5, 5.41) is 7.82. The minimum Gasteiger partial charge on any atom is -0.495 e. The van der Waals surface area contributed by atoms with Crippen LogP contribution in [0.5, 0.6) is 5.75 Å². The number of carbonyl (C=O) groups excluding carboxylic acids is 1. The number of nitrogens with two attached hydrogens (primary N) is 1. The quantitative estimate of drug-likeness (QED) is 0.817. The molecule has 2 rings (SSSR count). The molecule has 0 radical (unpaired) electrons. The molecule has 0 aromatic heterocycles. The topological polar surface area (TPSA) is 98.5 Å². The van der Waals surface area contributed by atoms with Crippen molar-refractivity contribution in [1.82, 2.24) is 0 Å². The highest BCUT2D eigenvalue weighted by atomic mass is 32.2. The van der Waals surface area contributed by atoms with Gasteiger partial charge in [-0.3, -0.25) is 4.79 Å². The number of allylic oxidation sites excluding steroid dienone is 2. The zero-order valence-electron chi connectivity index (χ0n) is 11.0. The first-order valence-electron chi connectivity index (χ1n) is 6.08. The Hall–Kier alpha value is -1.86. The Bertz CT molecular complexity index is 644. The van der Waals surface area contributed by atoms with Gasteiger partial charge in [-0.25, -0.2) is 13.6 Å². The van der Waals surface area contributed by atoms with Gasteiger partial charge in [-0.2, -0.15) is 0 Å². The first-order valence-corrected chi connectivity index (χ1v) is 7.63. The molecule has 0 saturated heterocycles. The van der Waals surface area contributed by atoms with Gasteiger partial charge in [0.2, 0.25) is 15.9 Å². The van der Waals surface area contributed by atoms with Crippen molar-refractivity contribution in [1.29, 1.82) is 0 Å². The number of methoxy groups -OCH3 is 1. The first kappa shape index (κ1) is 14.5. The molecule has 0 heterocycles. The average molecular weight is 296 g/mol. The average Bonchev–Trinajstić information content (AvgIpc) is 2.91. The molecule has 1 aliphatic carbocycles. The minimum atomic E-state index is -3.91. The molecule has 20 heavy (non-hydrogen) atoms. The van der Waals surface area contributed by atoms with Gasteiger partial charge in [-0.05, 0) is 31.0 Å². The van der Waals surface area contributed by atoms with Crippen LogP contribution < -0.4 is 15.2 Å². The largest absolute Gasteiger partial charge is 0.495 e. The SMILES string of the molecule is COc1ccc(NC(=O)C2CC=CC2)cc1S(N)(=O)=O. The molecule has 1 aromatic rings. The van der Waals surface area contributed by atoms with E-state index >= 15 is 0 Å². The van der Waals surface area contributed by atoms with Crippen molar-refractivity contribution in [2.45, 2.75) is 17.7 Å². The fourth-order valence-electron chi connectivity index (χ4n) is 2.05. The second kappa shape index (κ2) is 5.64. The maximum Gasteiger partial charge on any atom is 0.241 e. The number of carbonyl (C=O) groups is 1. The van der Waals surface area contributed by atoms with Gasteiger partial charge >= 0.3 is 0 Å². The predicted octanol–water partition coefficient (Wildman–Crippen LogP) is 1.25. The molecule has 3 N–H and O–H groups in total. The lowest BCUT2D eigenvalue weighted by atomic mass is 10.1. The van der Waals surface area contributed by atoms with Gasteiger partial charge in [-0.15, -0.1) is 0 Å². The molecule has 0 aliphatic heterocycles. The van der Waals surface area contributed by atoms with E-state index in [-0.39, 0.29) is 22.5 Å². The van der Waals surface area contributed by atoms with Crippen molar-refractivity contribution in [3.05, 3.63) is 30.4 Å². The summed E-state index contributed by atoms with van der Waals surface area (Å²) < 4.78 is 27.9. The van der Waals surface area contributed by atoms with E-state index in [1.807, 2.05) is 12.2 Å². The van der Waals surface area contributed by atoms with E-state index in [4.69, 9.17) is 9.88 Å². The van der Waals surface area contributed by atoms with E-state index in [1.165, 1.54) is 19.2 Å². The third-order valence-corrected chi connectivity index (χ3v) is 4.05. The van der Waals surface area contributed by atoms with Crippen LogP contribution in [0.3, 0.4) is 0 Å². The Kier molecular flexibility index (Phi) is 4.10. The number of sulfonamides is 1. The number of nitrogens with one attached hydrogen (secondary N) is 1. The van der Waals surface area contributed by atoms with Crippen LogP contribution in [-0.4, -0.2) is 21.4 Å². The maximum absolute atomic E-state index is 12.0. The van der Waals surface area contributed by atoms with Crippen molar-refractivity contribution < 1.29 is 17.9 Å². The molecular formula is C13H16N2O4S.